The minimum atomic E-state index is -0.529. The van der Waals surface area contributed by atoms with Gasteiger partial charge in [0, 0.05) is 33.4 Å². The van der Waals surface area contributed by atoms with Crippen molar-refractivity contribution in [1.82, 2.24) is 4.57 Å². The number of carbonyl (C=O) groups is 1. The number of aromatic nitrogens is 1. The lowest BCUT2D eigenvalue weighted by molar-refractivity contribution is -0.112. The number of anilines is 1. The molecule has 0 aliphatic carbocycles. The van der Waals surface area contributed by atoms with Gasteiger partial charge in [0.15, 0.2) is 0 Å². The maximum absolute atomic E-state index is 12.7. The number of hydrogen-bond donors (Lipinski definition) is 1. The predicted octanol–water partition coefficient (Wildman–Crippen LogP) is 6.02. The SMILES string of the molecule is CCn1c2ccccc2c2cc(/C=C(\C#N)C(=O)Nc3cc(Cl)ccc3OC)ccc21. The summed E-state index contributed by atoms with van der Waals surface area (Å²) in [5, 5.41) is 15.0. The van der Waals surface area contributed by atoms with Crippen LogP contribution in [0.5, 0.6) is 5.75 Å². The number of nitrogens with one attached hydrogen (secondary N) is 1. The highest BCUT2D eigenvalue weighted by molar-refractivity contribution is 6.31. The van der Waals surface area contributed by atoms with Gasteiger partial charge in [0.1, 0.15) is 17.4 Å². The Hall–Kier alpha value is -3.75. The summed E-state index contributed by atoms with van der Waals surface area (Å²) in [5.41, 5.74) is 3.44. The fourth-order valence-electron chi connectivity index (χ4n) is 3.78. The molecule has 1 amide bonds. The highest BCUT2D eigenvalue weighted by Gasteiger charge is 2.14. The van der Waals surface area contributed by atoms with E-state index < -0.39 is 5.91 Å². The minimum absolute atomic E-state index is 0.0133. The van der Waals surface area contributed by atoms with Crippen LogP contribution in [-0.4, -0.2) is 17.6 Å². The van der Waals surface area contributed by atoms with E-state index in [1.54, 1.807) is 24.3 Å². The number of carbonyl (C=O) groups excluding carboxylic acids is 1. The Morgan fingerprint density at radius 1 is 1.13 bits per heavy atom. The number of aryl methyl sites for hydroxylation is 1. The Kier molecular flexibility index (Phi) is 5.66. The molecule has 0 spiro atoms. The summed E-state index contributed by atoms with van der Waals surface area (Å²) in [5.74, 6) is -0.0667. The lowest BCUT2D eigenvalue weighted by Gasteiger charge is -2.10. The molecule has 0 saturated carbocycles. The van der Waals surface area contributed by atoms with E-state index >= 15 is 0 Å². The van der Waals surface area contributed by atoms with Crippen LogP contribution in [0.3, 0.4) is 0 Å². The van der Waals surface area contributed by atoms with Crippen molar-refractivity contribution in [2.24, 2.45) is 0 Å². The van der Waals surface area contributed by atoms with Gasteiger partial charge in [-0.2, -0.15) is 5.26 Å². The molecule has 0 saturated heterocycles. The van der Waals surface area contributed by atoms with E-state index in [-0.39, 0.29) is 5.57 Å². The summed E-state index contributed by atoms with van der Waals surface area (Å²) >= 11 is 6.03. The molecule has 31 heavy (non-hydrogen) atoms. The fraction of sp³-hybridized carbons (Fsp3) is 0.120. The van der Waals surface area contributed by atoms with Crippen molar-refractivity contribution in [3.8, 4) is 11.8 Å². The molecule has 1 N–H and O–H groups in total. The summed E-state index contributed by atoms with van der Waals surface area (Å²) in [6.07, 6.45) is 1.59. The van der Waals surface area contributed by atoms with E-state index in [9.17, 15) is 10.1 Å². The number of halogens is 1. The number of nitriles is 1. The van der Waals surface area contributed by atoms with Crippen LogP contribution in [0, 0.1) is 11.3 Å². The Morgan fingerprint density at radius 3 is 2.65 bits per heavy atom. The maximum atomic E-state index is 12.7. The molecule has 0 bridgehead atoms. The fourth-order valence-corrected chi connectivity index (χ4v) is 3.96. The standard InChI is InChI=1S/C25H20ClN3O2/c1-3-29-22-7-5-4-6-19(22)20-13-16(8-10-23(20)29)12-17(15-27)25(30)28-21-14-18(26)9-11-24(21)31-2/h4-14H,3H2,1-2H3,(H,28,30)/b17-12+. The Balaban J connectivity index is 1.72. The van der Waals surface area contributed by atoms with E-state index in [2.05, 4.69) is 28.9 Å². The van der Waals surface area contributed by atoms with Crippen LogP contribution in [0.15, 0.2) is 66.2 Å². The van der Waals surface area contributed by atoms with Crippen LogP contribution in [0.1, 0.15) is 12.5 Å². The zero-order chi connectivity index (χ0) is 22.0. The summed E-state index contributed by atoms with van der Waals surface area (Å²) < 4.78 is 7.51. The zero-order valence-corrected chi connectivity index (χ0v) is 17.9. The van der Waals surface area contributed by atoms with E-state index in [1.807, 2.05) is 36.4 Å². The molecule has 0 atom stereocenters. The van der Waals surface area contributed by atoms with Gasteiger partial charge in [-0.3, -0.25) is 4.79 Å². The van der Waals surface area contributed by atoms with Gasteiger partial charge in [-0.15, -0.1) is 0 Å². The van der Waals surface area contributed by atoms with Crippen LogP contribution < -0.4 is 10.1 Å². The molecule has 0 unspecified atom stereocenters. The Bertz CT molecular complexity index is 1380. The van der Waals surface area contributed by atoms with Crippen molar-refractivity contribution >= 4 is 51.1 Å². The van der Waals surface area contributed by atoms with Gasteiger partial charge in [-0.05, 0) is 55.0 Å². The molecule has 1 aromatic heterocycles. The molecule has 0 aliphatic heterocycles. The zero-order valence-electron chi connectivity index (χ0n) is 17.1. The number of hydrogen-bond acceptors (Lipinski definition) is 3. The summed E-state index contributed by atoms with van der Waals surface area (Å²) in [7, 11) is 1.50. The first-order chi connectivity index (χ1) is 15.0. The van der Waals surface area contributed by atoms with Gasteiger partial charge in [0.2, 0.25) is 0 Å². The third-order valence-electron chi connectivity index (χ3n) is 5.20. The van der Waals surface area contributed by atoms with E-state index in [0.29, 0.717) is 16.5 Å². The number of ether oxygens (including phenoxy) is 1. The number of rotatable bonds is 5. The van der Waals surface area contributed by atoms with Crippen molar-refractivity contribution < 1.29 is 9.53 Å². The normalized spacial score (nSPS) is 11.5. The molecular formula is C25H20ClN3O2. The van der Waals surface area contributed by atoms with Crippen molar-refractivity contribution in [1.29, 1.82) is 5.26 Å². The third-order valence-corrected chi connectivity index (χ3v) is 5.43. The lowest BCUT2D eigenvalue weighted by Crippen LogP contribution is -2.14. The first-order valence-corrected chi connectivity index (χ1v) is 10.2. The van der Waals surface area contributed by atoms with Crippen LogP contribution in [0.4, 0.5) is 5.69 Å². The van der Waals surface area contributed by atoms with E-state index in [0.717, 1.165) is 33.9 Å². The molecule has 0 radical (unpaired) electrons. The molecule has 3 aromatic carbocycles. The molecule has 5 nitrogen and oxygen atoms in total. The monoisotopic (exact) mass is 429 g/mol. The van der Waals surface area contributed by atoms with Crippen LogP contribution in [0.2, 0.25) is 5.02 Å². The molecule has 154 valence electrons. The third kappa shape index (κ3) is 3.86. The number of fused-ring (bicyclic) bond motifs is 3. The highest BCUT2D eigenvalue weighted by atomic mass is 35.5. The van der Waals surface area contributed by atoms with Gasteiger partial charge >= 0.3 is 0 Å². The smallest absolute Gasteiger partial charge is 0.266 e. The maximum Gasteiger partial charge on any atom is 0.266 e. The molecule has 0 aliphatic rings. The first-order valence-electron chi connectivity index (χ1n) is 9.83. The number of methoxy groups -OCH3 is 1. The van der Waals surface area contributed by atoms with Crippen LogP contribution in [-0.2, 0) is 11.3 Å². The second-order valence-electron chi connectivity index (χ2n) is 7.01. The van der Waals surface area contributed by atoms with Crippen molar-refractivity contribution in [2.75, 3.05) is 12.4 Å². The van der Waals surface area contributed by atoms with E-state index in [1.165, 1.54) is 7.11 Å². The molecule has 0 fully saturated rings. The predicted molar refractivity (Wildman–Crippen MR) is 125 cm³/mol. The first kappa shape index (κ1) is 20.5. The van der Waals surface area contributed by atoms with Gasteiger partial charge < -0.3 is 14.6 Å². The number of benzene rings is 3. The molecular weight excluding hydrogens is 410 g/mol. The second-order valence-corrected chi connectivity index (χ2v) is 7.44. The quantitative estimate of drug-likeness (QED) is 0.311. The van der Waals surface area contributed by atoms with Crippen molar-refractivity contribution in [3.05, 3.63) is 76.8 Å². The summed E-state index contributed by atoms with van der Waals surface area (Å²) in [6, 6.07) is 21.1. The average molecular weight is 430 g/mol. The molecule has 4 aromatic rings. The Morgan fingerprint density at radius 2 is 1.90 bits per heavy atom. The molecule has 1 heterocycles. The number of amides is 1. The van der Waals surface area contributed by atoms with Gasteiger partial charge in [-0.1, -0.05) is 35.9 Å². The summed E-state index contributed by atoms with van der Waals surface area (Å²) in [4.78, 5) is 12.7. The van der Waals surface area contributed by atoms with Crippen molar-refractivity contribution in [3.63, 3.8) is 0 Å². The topological polar surface area (TPSA) is 67.0 Å². The van der Waals surface area contributed by atoms with Gasteiger partial charge in [0.05, 0.1) is 12.8 Å². The largest absolute Gasteiger partial charge is 0.495 e. The average Bonchev–Trinajstić information content (AvgIpc) is 3.10. The Labute approximate surface area is 185 Å². The number of para-hydroxylation sites is 1. The van der Waals surface area contributed by atoms with Crippen LogP contribution >= 0.6 is 11.6 Å². The van der Waals surface area contributed by atoms with Crippen LogP contribution in [0.25, 0.3) is 27.9 Å². The number of nitrogens with zero attached hydrogens (tertiary/aromatic N) is 2. The lowest BCUT2D eigenvalue weighted by atomic mass is 10.1. The van der Waals surface area contributed by atoms with Gasteiger partial charge in [0.25, 0.3) is 5.91 Å². The summed E-state index contributed by atoms with van der Waals surface area (Å²) in [6.45, 7) is 2.97. The van der Waals surface area contributed by atoms with Gasteiger partial charge in [-0.25, -0.2) is 0 Å². The molecule has 4 rings (SSSR count). The second kappa shape index (κ2) is 8.55. The minimum Gasteiger partial charge on any atom is -0.495 e. The highest BCUT2D eigenvalue weighted by Crippen LogP contribution is 2.31. The van der Waals surface area contributed by atoms with E-state index in [4.69, 9.17) is 16.3 Å². The van der Waals surface area contributed by atoms with Crippen molar-refractivity contribution in [2.45, 2.75) is 13.5 Å². The molecule has 6 heteroatoms.